The van der Waals surface area contributed by atoms with Gasteiger partial charge in [0.15, 0.2) is 0 Å². The van der Waals surface area contributed by atoms with Gasteiger partial charge in [0.05, 0.1) is 0 Å². The van der Waals surface area contributed by atoms with Gasteiger partial charge >= 0.3 is 5.97 Å². The van der Waals surface area contributed by atoms with Crippen LogP contribution in [0.3, 0.4) is 0 Å². The minimum absolute atomic E-state index is 0.0972. The Hall–Kier alpha value is -0.353. The Balaban J connectivity index is 2.99. The molecule has 0 N–H and O–H groups in total. The molecule has 0 saturated heterocycles. The molecule has 3 nitrogen and oxygen atoms in total. The van der Waals surface area contributed by atoms with E-state index in [1.165, 1.54) is 0 Å². The summed E-state index contributed by atoms with van der Waals surface area (Å²) >= 11 is 0. The van der Waals surface area contributed by atoms with E-state index in [9.17, 15) is 4.79 Å². The molecule has 48 valence electrons. The van der Waals surface area contributed by atoms with Crippen LogP contribution < -0.4 is 0 Å². The number of rotatable bonds is 3. The van der Waals surface area contributed by atoms with Crippen LogP contribution >= 0.6 is 0 Å². The summed E-state index contributed by atoms with van der Waals surface area (Å²) in [7, 11) is 0.460. The fraction of sp³-hybridized carbons (Fsp3) is 0.750. The molecule has 0 spiro atoms. The highest BCUT2D eigenvalue weighted by atomic mass is 28.2. The second-order valence-corrected chi connectivity index (χ2v) is 1.62. The third-order valence-electron chi connectivity index (χ3n) is 0.652. The van der Waals surface area contributed by atoms with Crippen LogP contribution in [0, 0.1) is 0 Å². The SMILES string of the molecule is CCOCC(=O)O[SiH3]. The van der Waals surface area contributed by atoms with Crippen LogP contribution in [0.15, 0.2) is 0 Å². The lowest BCUT2D eigenvalue weighted by Crippen LogP contribution is -2.10. The molecule has 8 heavy (non-hydrogen) atoms. The van der Waals surface area contributed by atoms with E-state index in [0.717, 1.165) is 0 Å². The Morgan fingerprint density at radius 1 is 1.75 bits per heavy atom. The Kier molecular flexibility index (Phi) is 4.59. The predicted molar refractivity (Wildman–Crippen MR) is 32.5 cm³/mol. The molecule has 0 radical (unpaired) electrons. The van der Waals surface area contributed by atoms with Crippen molar-refractivity contribution in [2.75, 3.05) is 13.2 Å². The second kappa shape index (κ2) is 4.80. The first-order chi connectivity index (χ1) is 3.81. The number of carbonyl (C=O) groups excluding carboxylic acids is 1. The minimum Gasteiger partial charge on any atom is -0.527 e. The highest BCUT2D eigenvalue weighted by Gasteiger charge is 1.94. The van der Waals surface area contributed by atoms with Gasteiger partial charge in [0.2, 0.25) is 10.5 Å². The van der Waals surface area contributed by atoms with E-state index in [0.29, 0.717) is 17.1 Å². The van der Waals surface area contributed by atoms with E-state index in [1.54, 1.807) is 0 Å². The van der Waals surface area contributed by atoms with Crippen LogP contribution in [-0.2, 0) is 14.0 Å². The summed E-state index contributed by atoms with van der Waals surface area (Å²) in [5, 5.41) is 0. The van der Waals surface area contributed by atoms with E-state index in [1.807, 2.05) is 6.92 Å². The van der Waals surface area contributed by atoms with Crippen molar-refractivity contribution in [1.29, 1.82) is 0 Å². The van der Waals surface area contributed by atoms with Crippen LogP contribution in [0.25, 0.3) is 0 Å². The molecule has 0 aromatic carbocycles. The Bertz CT molecular complexity index is 73.7. The average molecular weight is 134 g/mol. The maximum absolute atomic E-state index is 10.3. The smallest absolute Gasteiger partial charge is 0.318 e. The van der Waals surface area contributed by atoms with Crippen molar-refractivity contribution >= 4 is 16.5 Å². The van der Waals surface area contributed by atoms with Gasteiger partial charge in [0.1, 0.15) is 6.61 Å². The summed E-state index contributed by atoms with van der Waals surface area (Å²) in [6.45, 7) is 2.50. The normalized spacial score (nSPS) is 9.12. The molecule has 4 heteroatoms. The van der Waals surface area contributed by atoms with Crippen molar-refractivity contribution in [1.82, 2.24) is 0 Å². The minimum atomic E-state index is -0.265. The van der Waals surface area contributed by atoms with Gasteiger partial charge in [-0.1, -0.05) is 0 Å². The lowest BCUT2D eigenvalue weighted by atomic mass is 10.7. The number of ether oxygens (including phenoxy) is 1. The molecule has 0 bridgehead atoms. The van der Waals surface area contributed by atoms with E-state index >= 15 is 0 Å². The summed E-state index contributed by atoms with van der Waals surface area (Å²) in [5.41, 5.74) is 0. The maximum atomic E-state index is 10.3. The van der Waals surface area contributed by atoms with Crippen molar-refractivity contribution in [3.63, 3.8) is 0 Å². The molecule has 0 fully saturated rings. The van der Waals surface area contributed by atoms with E-state index in [2.05, 4.69) is 4.43 Å². The van der Waals surface area contributed by atoms with Crippen LogP contribution in [0.1, 0.15) is 6.92 Å². The van der Waals surface area contributed by atoms with Crippen LogP contribution in [0.2, 0.25) is 0 Å². The van der Waals surface area contributed by atoms with Crippen molar-refractivity contribution in [3.05, 3.63) is 0 Å². The largest absolute Gasteiger partial charge is 0.527 e. The fourth-order valence-electron chi connectivity index (χ4n) is 0.244. The lowest BCUT2D eigenvalue weighted by Gasteiger charge is -1.97. The number of carbonyl (C=O) groups is 1. The topological polar surface area (TPSA) is 35.5 Å². The highest BCUT2D eigenvalue weighted by Crippen LogP contribution is 1.74. The zero-order chi connectivity index (χ0) is 6.41. The van der Waals surface area contributed by atoms with Gasteiger partial charge in [0.25, 0.3) is 0 Å². The molecular formula is C4H10O3Si. The molecule has 0 aliphatic rings. The predicted octanol–water partition coefficient (Wildman–Crippen LogP) is -1.15. The molecular weight excluding hydrogens is 124 g/mol. The van der Waals surface area contributed by atoms with Gasteiger partial charge in [-0.15, -0.1) is 0 Å². The maximum Gasteiger partial charge on any atom is 0.318 e. The first-order valence-corrected chi connectivity index (χ1v) is 3.27. The quantitative estimate of drug-likeness (QED) is 0.457. The van der Waals surface area contributed by atoms with Crippen LogP contribution in [-0.4, -0.2) is 29.7 Å². The van der Waals surface area contributed by atoms with Crippen LogP contribution in [0.5, 0.6) is 0 Å². The van der Waals surface area contributed by atoms with Gasteiger partial charge in [0, 0.05) is 6.61 Å². The summed E-state index contributed by atoms with van der Waals surface area (Å²) in [5.74, 6) is -0.265. The number of hydrogen-bond acceptors (Lipinski definition) is 3. The fourth-order valence-corrected chi connectivity index (χ4v) is 0.362. The zero-order valence-corrected chi connectivity index (χ0v) is 7.14. The molecule has 0 aliphatic carbocycles. The highest BCUT2D eigenvalue weighted by molar-refractivity contribution is 6.05. The number of hydrogen-bond donors (Lipinski definition) is 0. The lowest BCUT2D eigenvalue weighted by molar-refractivity contribution is -0.138. The zero-order valence-electron chi connectivity index (χ0n) is 5.14. The first-order valence-electron chi connectivity index (χ1n) is 2.45. The third-order valence-corrected chi connectivity index (χ3v) is 1.11. The molecule has 0 amide bonds. The Morgan fingerprint density at radius 3 is 2.75 bits per heavy atom. The van der Waals surface area contributed by atoms with E-state index in [-0.39, 0.29) is 12.6 Å². The molecule has 0 saturated carbocycles. The summed E-state index contributed by atoms with van der Waals surface area (Å²) in [6.07, 6.45) is 0. The molecule has 0 heterocycles. The molecule has 0 atom stereocenters. The molecule has 0 aromatic rings. The van der Waals surface area contributed by atoms with Gasteiger partial charge in [-0.25, -0.2) is 0 Å². The molecule has 0 aliphatic heterocycles. The Labute approximate surface area is 51.5 Å². The summed E-state index contributed by atoms with van der Waals surface area (Å²) < 4.78 is 9.16. The average Bonchev–Trinajstić information content (AvgIpc) is 1.83. The van der Waals surface area contributed by atoms with E-state index in [4.69, 9.17) is 4.74 Å². The standard InChI is InChI=1S/C4H10O3Si/c1-2-6-3-4(5)7-8/h2-3H2,1,8H3. The molecule has 0 aromatic heterocycles. The summed E-state index contributed by atoms with van der Waals surface area (Å²) in [6, 6.07) is 0. The second-order valence-electron chi connectivity index (χ2n) is 1.21. The van der Waals surface area contributed by atoms with Gasteiger partial charge in [-0.3, -0.25) is 4.79 Å². The van der Waals surface area contributed by atoms with Gasteiger partial charge in [-0.2, -0.15) is 0 Å². The van der Waals surface area contributed by atoms with Crippen LogP contribution in [0.4, 0.5) is 0 Å². The third kappa shape index (κ3) is 3.82. The molecule has 0 unspecified atom stereocenters. The monoisotopic (exact) mass is 134 g/mol. The van der Waals surface area contributed by atoms with E-state index < -0.39 is 0 Å². The summed E-state index contributed by atoms with van der Waals surface area (Å²) in [4.78, 5) is 10.3. The van der Waals surface area contributed by atoms with Crippen molar-refractivity contribution in [2.45, 2.75) is 6.92 Å². The van der Waals surface area contributed by atoms with Gasteiger partial charge in [-0.05, 0) is 6.92 Å². The van der Waals surface area contributed by atoms with Crippen molar-refractivity contribution in [3.8, 4) is 0 Å². The molecule has 0 rings (SSSR count). The van der Waals surface area contributed by atoms with Crippen molar-refractivity contribution < 1.29 is 14.0 Å². The van der Waals surface area contributed by atoms with Gasteiger partial charge < -0.3 is 9.16 Å². The van der Waals surface area contributed by atoms with Crippen molar-refractivity contribution in [2.24, 2.45) is 0 Å². The first kappa shape index (κ1) is 7.65. The Morgan fingerprint density at radius 2 is 2.38 bits per heavy atom.